The molecule has 1 aliphatic rings. The zero-order valence-electron chi connectivity index (χ0n) is 13.9. The molecule has 1 fully saturated rings. The topological polar surface area (TPSA) is 114 Å². The van der Waals surface area contributed by atoms with E-state index in [9.17, 15) is 19.2 Å². The van der Waals surface area contributed by atoms with Crippen LogP contribution in [0.5, 0.6) is 0 Å². The van der Waals surface area contributed by atoms with Crippen molar-refractivity contribution in [1.29, 1.82) is 0 Å². The lowest BCUT2D eigenvalue weighted by atomic mass is 9.98. The molecule has 1 aliphatic heterocycles. The number of carbonyl (C=O) groups is 2. The fraction of sp³-hybridized carbons (Fsp3) is 0.438. The zero-order chi connectivity index (χ0) is 18.3. The van der Waals surface area contributed by atoms with Gasteiger partial charge in [-0.25, -0.2) is 9.78 Å². The molecule has 3 heterocycles. The van der Waals surface area contributed by atoms with E-state index in [2.05, 4.69) is 4.98 Å². The van der Waals surface area contributed by atoms with Gasteiger partial charge in [-0.15, -0.1) is 0 Å². The van der Waals surface area contributed by atoms with Crippen molar-refractivity contribution < 1.29 is 14.7 Å². The molecule has 0 saturated carbocycles. The molecule has 0 spiro atoms. The standard InChI is InChI=1S/C16H18N4O5/c1-18-12-11(14(22)19(2)16(18)25)6-10(7-17-12)13(21)20-5-3-4-9(8-20)15(23)24/h6-7,9H,3-5,8H2,1-2H3,(H,23,24). The first kappa shape index (κ1) is 16.9. The van der Waals surface area contributed by atoms with Crippen LogP contribution in [-0.4, -0.2) is 49.1 Å². The fourth-order valence-corrected chi connectivity index (χ4v) is 3.13. The Hall–Kier alpha value is -2.97. The zero-order valence-corrected chi connectivity index (χ0v) is 13.9. The van der Waals surface area contributed by atoms with Crippen LogP contribution in [0.1, 0.15) is 23.2 Å². The van der Waals surface area contributed by atoms with Crippen LogP contribution in [0.3, 0.4) is 0 Å². The third-order valence-electron chi connectivity index (χ3n) is 4.60. The largest absolute Gasteiger partial charge is 0.481 e. The summed E-state index contributed by atoms with van der Waals surface area (Å²) in [6.07, 6.45) is 2.46. The summed E-state index contributed by atoms with van der Waals surface area (Å²) in [5, 5.41) is 9.32. The summed E-state index contributed by atoms with van der Waals surface area (Å²) < 4.78 is 2.20. The molecule has 0 aromatic carbocycles. The van der Waals surface area contributed by atoms with Crippen LogP contribution in [0, 0.1) is 5.92 Å². The SMILES string of the molecule is Cn1c(=O)c2cc(C(=O)N3CCCC(C(=O)O)C3)cnc2n(C)c1=O. The quantitative estimate of drug-likeness (QED) is 0.789. The first-order valence-electron chi connectivity index (χ1n) is 7.89. The van der Waals surface area contributed by atoms with Gasteiger partial charge in [0.05, 0.1) is 16.9 Å². The summed E-state index contributed by atoms with van der Waals surface area (Å²) in [6.45, 7) is 0.601. The number of nitrogens with zero attached hydrogens (tertiary/aromatic N) is 4. The molecule has 25 heavy (non-hydrogen) atoms. The van der Waals surface area contributed by atoms with Crippen molar-refractivity contribution >= 4 is 22.9 Å². The maximum absolute atomic E-state index is 12.7. The molecule has 132 valence electrons. The van der Waals surface area contributed by atoms with Crippen LogP contribution >= 0.6 is 0 Å². The van der Waals surface area contributed by atoms with Crippen molar-refractivity contribution in [3.8, 4) is 0 Å². The summed E-state index contributed by atoms with van der Waals surface area (Å²) in [7, 11) is 2.86. The van der Waals surface area contributed by atoms with E-state index in [0.29, 0.717) is 19.4 Å². The second-order valence-corrected chi connectivity index (χ2v) is 6.23. The fourth-order valence-electron chi connectivity index (χ4n) is 3.13. The van der Waals surface area contributed by atoms with Crippen molar-refractivity contribution in [1.82, 2.24) is 19.0 Å². The lowest BCUT2D eigenvalue weighted by Crippen LogP contribution is -2.42. The Morgan fingerprint density at radius 2 is 1.96 bits per heavy atom. The Kier molecular flexibility index (Phi) is 4.15. The molecule has 1 saturated heterocycles. The van der Waals surface area contributed by atoms with E-state index in [1.54, 1.807) is 0 Å². The van der Waals surface area contributed by atoms with Crippen LogP contribution < -0.4 is 11.2 Å². The van der Waals surface area contributed by atoms with E-state index in [0.717, 1.165) is 4.57 Å². The summed E-state index contributed by atoms with van der Waals surface area (Å²) in [6, 6.07) is 1.41. The van der Waals surface area contributed by atoms with Crippen molar-refractivity contribution in [2.45, 2.75) is 12.8 Å². The second kappa shape index (κ2) is 6.15. The number of carboxylic acid groups (broad SMARTS) is 1. The molecule has 0 bridgehead atoms. The number of carboxylic acids is 1. The van der Waals surface area contributed by atoms with Gasteiger partial charge >= 0.3 is 11.7 Å². The number of amides is 1. The van der Waals surface area contributed by atoms with E-state index in [4.69, 9.17) is 5.11 Å². The lowest BCUT2D eigenvalue weighted by Gasteiger charge is -2.30. The van der Waals surface area contributed by atoms with Gasteiger partial charge in [-0.2, -0.15) is 0 Å². The minimum Gasteiger partial charge on any atom is -0.481 e. The van der Waals surface area contributed by atoms with E-state index >= 15 is 0 Å². The number of piperidine rings is 1. The molecule has 1 atom stereocenters. The predicted octanol–water partition coefficient (Wildman–Crippen LogP) is -0.431. The van der Waals surface area contributed by atoms with Gasteiger partial charge in [0.1, 0.15) is 5.65 Å². The second-order valence-electron chi connectivity index (χ2n) is 6.23. The summed E-state index contributed by atoms with van der Waals surface area (Å²) in [5.74, 6) is -1.87. The Balaban J connectivity index is 2.02. The number of fused-ring (bicyclic) bond motifs is 1. The van der Waals surface area contributed by atoms with E-state index in [-0.39, 0.29) is 29.0 Å². The molecule has 9 nitrogen and oxygen atoms in total. The number of aryl methyl sites for hydroxylation is 1. The van der Waals surface area contributed by atoms with Gasteiger partial charge in [0.25, 0.3) is 11.5 Å². The maximum atomic E-state index is 12.7. The highest BCUT2D eigenvalue weighted by Gasteiger charge is 2.29. The summed E-state index contributed by atoms with van der Waals surface area (Å²) >= 11 is 0. The number of hydrogen-bond acceptors (Lipinski definition) is 5. The molecular weight excluding hydrogens is 328 g/mol. The third kappa shape index (κ3) is 2.81. The number of aliphatic carboxylic acids is 1. The Labute approximate surface area is 142 Å². The van der Waals surface area contributed by atoms with Crippen LogP contribution in [0.25, 0.3) is 11.0 Å². The molecular formula is C16H18N4O5. The van der Waals surface area contributed by atoms with Gasteiger partial charge in [0, 0.05) is 33.4 Å². The van der Waals surface area contributed by atoms with E-state index < -0.39 is 23.1 Å². The Morgan fingerprint density at radius 1 is 1.24 bits per heavy atom. The average molecular weight is 346 g/mol. The lowest BCUT2D eigenvalue weighted by molar-refractivity contribution is -0.143. The molecule has 3 rings (SSSR count). The highest BCUT2D eigenvalue weighted by atomic mass is 16.4. The Morgan fingerprint density at radius 3 is 2.64 bits per heavy atom. The number of likely N-dealkylation sites (tertiary alicyclic amines) is 1. The van der Waals surface area contributed by atoms with E-state index in [1.807, 2.05) is 0 Å². The van der Waals surface area contributed by atoms with Crippen LogP contribution in [0.4, 0.5) is 0 Å². The van der Waals surface area contributed by atoms with Crippen LogP contribution in [0.15, 0.2) is 21.9 Å². The molecule has 0 radical (unpaired) electrons. The number of pyridine rings is 1. The number of rotatable bonds is 2. The van der Waals surface area contributed by atoms with Crippen LogP contribution in [-0.2, 0) is 18.9 Å². The van der Waals surface area contributed by atoms with Crippen molar-refractivity contribution in [3.05, 3.63) is 38.7 Å². The molecule has 1 N–H and O–H groups in total. The van der Waals surface area contributed by atoms with Crippen molar-refractivity contribution in [3.63, 3.8) is 0 Å². The van der Waals surface area contributed by atoms with Crippen molar-refractivity contribution in [2.24, 2.45) is 20.0 Å². The number of hydrogen-bond donors (Lipinski definition) is 1. The highest BCUT2D eigenvalue weighted by Crippen LogP contribution is 2.19. The van der Waals surface area contributed by atoms with Gasteiger partial charge in [-0.05, 0) is 18.9 Å². The average Bonchev–Trinajstić information content (AvgIpc) is 2.63. The summed E-state index contributed by atoms with van der Waals surface area (Å²) in [4.78, 5) is 53.6. The highest BCUT2D eigenvalue weighted by molar-refractivity contribution is 5.97. The number of aromatic nitrogens is 3. The molecule has 1 amide bonds. The summed E-state index contributed by atoms with van der Waals surface area (Å²) in [5.41, 5.74) is -0.618. The minimum atomic E-state index is -0.919. The van der Waals surface area contributed by atoms with Gasteiger partial charge in [-0.3, -0.25) is 23.5 Å². The molecule has 9 heteroatoms. The first-order valence-corrected chi connectivity index (χ1v) is 7.89. The molecule has 2 aromatic rings. The van der Waals surface area contributed by atoms with Gasteiger partial charge in [-0.1, -0.05) is 0 Å². The smallest absolute Gasteiger partial charge is 0.332 e. The predicted molar refractivity (Wildman–Crippen MR) is 88.5 cm³/mol. The minimum absolute atomic E-state index is 0.136. The van der Waals surface area contributed by atoms with Gasteiger partial charge in [0.15, 0.2) is 0 Å². The number of carbonyl (C=O) groups excluding carboxylic acids is 1. The normalized spacial score (nSPS) is 17.7. The maximum Gasteiger partial charge on any atom is 0.332 e. The van der Waals surface area contributed by atoms with Gasteiger partial charge in [0.2, 0.25) is 0 Å². The van der Waals surface area contributed by atoms with Gasteiger partial charge < -0.3 is 10.0 Å². The van der Waals surface area contributed by atoms with E-state index in [1.165, 1.54) is 35.8 Å². The Bertz CT molecular complexity index is 990. The first-order chi connectivity index (χ1) is 11.8. The molecule has 1 unspecified atom stereocenters. The van der Waals surface area contributed by atoms with Crippen molar-refractivity contribution in [2.75, 3.05) is 13.1 Å². The molecule has 2 aromatic heterocycles. The molecule has 0 aliphatic carbocycles. The third-order valence-corrected chi connectivity index (χ3v) is 4.60. The van der Waals surface area contributed by atoms with Crippen LogP contribution in [0.2, 0.25) is 0 Å². The monoisotopic (exact) mass is 346 g/mol.